The van der Waals surface area contributed by atoms with E-state index in [1.807, 2.05) is 0 Å². The molecule has 0 aromatic carbocycles. The summed E-state index contributed by atoms with van der Waals surface area (Å²) in [6.07, 6.45) is 25.7. The molecule has 0 saturated heterocycles. The molecule has 0 amide bonds. The van der Waals surface area contributed by atoms with Crippen LogP contribution in [0.1, 0.15) is 144 Å². The van der Waals surface area contributed by atoms with Crippen molar-refractivity contribution in [3.63, 3.8) is 0 Å². The Hall–Kier alpha value is 0. The van der Waals surface area contributed by atoms with E-state index in [1.165, 1.54) is 64.2 Å². The van der Waals surface area contributed by atoms with Crippen molar-refractivity contribution >= 4 is 0 Å². The summed E-state index contributed by atoms with van der Waals surface area (Å²) in [5.41, 5.74) is 0. The van der Waals surface area contributed by atoms with Crippen molar-refractivity contribution in [2.24, 2.45) is 53.3 Å². The van der Waals surface area contributed by atoms with Crippen LogP contribution in [0.4, 0.5) is 0 Å². The lowest BCUT2D eigenvalue weighted by Crippen LogP contribution is -2.44. The van der Waals surface area contributed by atoms with E-state index in [4.69, 9.17) is 0 Å². The largest absolute Gasteiger partial charge is 0.0654 e. The number of rotatable bonds is 6. The van der Waals surface area contributed by atoms with Crippen molar-refractivity contribution in [2.75, 3.05) is 0 Å². The van der Waals surface area contributed by atoms with Crippen LogP contribution < -0.4 is 0 Å². The smallest absolute Gasteiger partial charge is 0.0321 e. The van der Waals surface area contributed by atoms with Crippen molar-refractivity contribution in [3.8, 4) is 0 Å². The maximum atomic E-state index is 2.62. The first-order chi connectivity index (χ1) is 15.1. The predicted octanol–water partition coefficient (Wildman–Crippen LogP) is 10.3. The van der Waals surface area contributed by atoms with Crippen molar-refractivity contribution in [2.45, 2.75) is 144 Å². The molecular formula is C31H58. The van der Waals surface area contributed by atoms with Gasteiger partial charge < -0.3 is 0 Å². The van der Waals surface area contributed by atoms with Crippen molar-refractivity contribution < 1.29 is 0 Å². The van der Waals surface area contributed by atoms with E-state index >= 15 is 0 Å². The van der Waals surface area contributed by atoms with Gasteiger partial charge in [-0.1, -0.05) is 112 Å². The quantitative estimate of drug-likeness (QED) is 0.393. The Bertz CT molecular complexity index is 480. The molecule has 4 saturated carbocycles. The average molecular weight is 431 g/mol. The van der Waals surface area contributed by atoms with Gasteiger partial charge in [-0.3, -0.25) is 0 Å². The van der Waals surface area contributed by atoms with Gasteiger partial charge in [-0.25, -0.2) is 0 Å². The SMILES string of the molecule is CCC1CCCC(C)C1.CCCCC1C(C)CC2CCCC2C1C1CCCCC1CC. The molecule has 0 aromatic heterocycles. The fraction of sp³-hybridized carbons (Fsp3) is 1.00. The zero-order valence-electron chi connectivity index (χ0n) is 22.2. The van der Waals surface area contributed by atoms with Crippen molar-refractivity contribution in [1.82, 2.24) is 0 Å². The molecule has 0 aliphatic heterocycles. The predicted molar refractivity (Wildman–Crippen MR) is 138 cm³/mol. The second-order valence-electron chi connectivity index (χ2n) is 12.6. The van der Waals surface area contributed by atoms with Crippen LogP contribution in [0.5, 0.6) is 0 Å². The summed E-state index contributed by atoms with van der Waals surface area (Å²) >= 11 is 0. The third kappa shape index (κ3) is 6.76. The lowest BCUT2D eigenvalue weighted by atomic mass is 9.54. The second-order valence-corrected chi connectivity index (χ2v) is 12.6. The zero-order valence-corrected chi connectivity index (χ0v) is 22.2. The van der Waals surface area contributed by atoms with Gasteiger partial charge in [0, 0.05) is 0 Å². The summed E-state index contributed by atoms with van der Waals surface area (Å²) in [4.78, 5) is 0. The molecule has 0 spiro atoms. The maximum absolute atomic E-state index is 2.62. The fourth-order valence-electron chi connectivity index (χ4n) is 8.95. The molecule has 0 aromatic rings. The Balaban J connectivity index is 0.000000254. The molecule has 31 heavy (non-hydrogen) atoms. The Kier molecular flexibility index (Phi) is 10.8. The van der Waals surface area contributed by atoms with E-state index < -0.39 is 0 Å². The van der Waals surface area contributed by atoms with Crippen LogP contribution in [0.25, 0.3) is 0 Å². The number of fused-ring (bicyclic) bond motifs is 1. The Labute approximate surface area is 197 Å². The molecule has 4 aliphatic rings. The summed E-state index contributed by atoms with van der Waals surface area (Å²) < 4.78 is 0. The van der Waals surface area contributed by atoms with E-state index in [1.54, 1.807) is 44.9 Å². The topological polar surface area (TPSA) is 0 Å². The molecule has 182 valence electrons. The number of hydrogen-bond acceptors (Lipinski definition) is 0. The highest BCUT2D eigenvalue weighted by molar-refractivity contribution is 4.98. The summed E-state index contributed by atoms with van der Waals surface area (Å²) in [5.74, 6) is 9.65. The lowest BCUT2D eigenvalue weighted by Gasteiger charge is -2.51. The van der Waals surface area contributed by atoms with Gasteiger partial charge in [0.15, 0.2) is 0 Å². The van der Waals surface area contributed by atoms with Crippen LogP contribution >= 0.6 is 0 Å². The number of hydrogen-bond donors (Lipinski definition) is 0. The Morgan fingerprint density at radius 2 is 1.42 bits per heavy atom. The minimum Gasteiger partial charge on any atom is -0.0654 e. The molecule has 4 aliphatic carbocycles. The Morgan fingerprint density at radius 3 is 2.10 bits per heavy atom. The molecule has 9 atom stereocenters. The standard InChI is InChI=1S/C22H40.C9H18/c1-4-6-12-19-16(3)15-18-11-9-14-21(18)22(19)20-13-8-7-10-17(20)5-2;1-3-9-6-4-5-8(2)7-9/h16-22H,4-15H2,1-3H3;8-9H,3-7H2,1-2H3. The van der Waals surface area contributed by atoms with Crippen LogP contribution in [-0.4, -0.2) is 0 Å². The minimum absolute atomic E-state index is 1.01. The monoisotopic (exact) mass is 430 g/mol. The third-order valence-corrected chi connectivity index (χ3v) is 10.6. The van der Waals surface area contributed by atoms with Crippen LogP contribution in [0, 0.1) is 53.3 Å². The highest BCUT2D eigenvalue weighted by Crippen LogP contribution is 2.57. The van der Waals surface area contributed by atoms with Gasteiger partial charge in [0.1, 0.15) is 0 Å². The summed E-state index contributed by atoms with van der Waals surface area (Å²) in [6.45, 7) is 12.2. The first kappa shape index (κ1) is 25.6. The molecule has 0 nitrogen and oxygen atoms in total. The van der Waals surface area contributed by atoms with Crippen molar-refractivity contribution in [3.05, 3.63) is 0 Å². The molecule has 0 heteroatoms. The van der Waals surface area contributed by atoms with Gasteiger partial charge in [0.05, 0.1) is 0 Å². The van der Waals surface area contributed by atoms with E-state index in [0.29, 0.717) is 0 Å². The molecule has 0 N–H and O–H groups in total. The van der Waals surface area contributed by atoms with E-state index in [9.17, 15) is 0 Å². The number of unbranched alkanes of at least 4 members (excludes halogenated alkanes) is 1. The van der Waals surface area contributed by atoms with E-state index in [2.05, 4.69) is 34.6 Å². The van der Waals surface area contributed by atoms with Crippen LogP contribution in [0.2, 0.25) is 0 Å². The second kappa shape index (κ2) is 13.0. The lowest BCUT2D eigenvalue weighted by molar-refractivity contribution is -0.0197. The summed E-state index contributed by atoms with van der Waals surface area (Å²) in [7, 11) is 0. The molecule has 9 unspecified atom stereocenters. The molecule has 0 bridgehead atoms. The molecule has 0 radical (unpaired) electrons. The maximum Gasteiger partial charge on any atom is -0.0321 e. The molecule has 4 rings (SSSR count). The zero-order chi connectivity index (χ0) is 22.2. The van der Waals surface area contributed by atoms with Gasteiger partial charge in [-0.15, -0.1) is 0 Å². The first-order valence-electron chi connectivity index (χ1n) is 15.1. The summed E-state index contributed by atoms with van der Waals surface area (Å²) in [5, 5.41) is 0. The van der Waals surface area contributed by atoms with Crippen molar-refractivity contribution in [1.29, 1.82) is 0 Å². The van der Waals surface area contributed by atoms with Gasteiger partial charge in [-0.2, -0.15) is 0 Å². The average Bonchev–Trinajstić information content (AvgIpc) is 3.25. The normalized spacial score (nSPS) is 43.1. The molecule has 0 heterocycles. The van der Waals surface area contributed by atoms with Crippen LogP contribution in [0.15, 0.2) is 0 Å². The van der Waals surface area contributed by atoms with E-state index in [0.717, 1.165) is 53.3 Å². The minimum atomic E-state index is 1.01. The fourth-order valence-corrected chi connectivity index (χ4v) is 8.95. The Morgan fingerprint density at radius 1 is 0.677 bits per heavy atom. The van der Waals surface area contributed by atoms with Gasteiger partial charge in [-0.05, 0) is 85.4 Å². The third-order valence-electron chi connectivity index (χ3n) is 10.6. The first-order valence-corrected chi connectivity index (χ1v) is 15.1. The van der Waals surface area contributed by atoms with Crippen LogP contribution in [0.3, 0.4) is 0 Å². The summed E-state index contributed by atoms with van der Waals surface area (Å²) in [6, 6.07) is 0. The van der Waals surface area contributed by atoms with Gasteiger partial charge in [0.2, 0.25) is 0 Å². The molecule has 4 fully saturated rings. The highest BCUT2D eigenvalue weighted by Gasteiger charge is 2.48. The van der Waals surface area contributed by atoms with Gasteiger partial charge in [0.25, 0.3) is 0 Å². The van der Waals surface area contributed by atoms with Crippen LogP contribution in [-0.2, 0) is 0 Å². The van der Waals surface area contributed by atoms with Gasteiger partial charge >= 0.3 is 0 Å². The molecular weight excluding hydrogens is 372 g/mol. The van der Waals surface area contributed by atoms with E-state index in [-0.39, 0.29) is 0 Å². The highest BCUT2D eigenvalue weighted by atomic mass is 14.5.